The summed E-state index contributed by atoms with van der Waals surface area (Å²) in [5, 5.41) is 2.78. The summed E-state index contributed by atoms with van der Waals surface area (Å²) in [5.74, 6) is -0.193. The molecule has 90 valence electrons. The van der Waals surface area contributed by atoms with Gasteiger partial charge >= 0.3 is 0 Å². The third-order valence-corrected chi connectivity index (χ3v) is 2.49. The molecule has 0 aliphatic carbocycles. The maximum absolute atomic E-state index is 11.6. The van der Waals surface area contributed by atoms with Crippen LogP contribution in [0.5, 0.6) is 0 Å². The van der Waals surface area contributed by atoms with Crippen LogP contribution in [0.1, 0.15) is 25.5 Å². The lowest BCUT2D eigenvalue weighted by Gasteiger charge is -2.19. The average molecular weight is 243 g/mol. The first-order valence-corrected chi connectivity index (χ1v) is 5.25. The molecule has 4 heteroatoms. The number of rotatable bonds is 4. The Bertz CT molecular complexity index is 316. The normalized spacial score (nSPS) is 13.4. The maximum atomic E-state index is 11.6. The average Bonchev–Trinajstić information content (AvgIpc) is 2.28. The van der Waals surface area contributed by atoms with Crippen LogP contribution in [-0.2, 0) is 4.79 Å². The Balaban J connectivity index is 0.00000225. The molecule has 0 heterocycles. The van der Waals surface area contributed by atoms with Gasteiger partial charge in [-0.3, -0.25) is 4.79 Å². The number of amides is 1. The van der Waals surface area contributed by atoms with E-state index in [2.05, 4.69) is 5.32 Å². The lowest BCUT2D eigenvalue weighted by atomic mass is 9.95. The molecule has 1 amide bonds. The molecule has 2 atom stereocenters. The van der Waals surface area contributed by atoms with E-state index in [0.29, 0.717) is 6.54 Å². The van der Waals surface area contributed by atoms with E-state index in [1.165, 1.54) is 0 Å². The Morgan fingerprint density at radius 3 is 2.44 bits per heavy atom. The van der Waals surface area contributed by atoms with Gasteiger partial charge in [-0.25, -0.2) is 0 Å². The van der Waals surface area contributed by atoms with Crippen molar-refractivity contribution in [3.05, 3.63) is 35.9 Å². The molecule has 2 unspecified atom stereocenters. The van der Waals surface area contributed by atoms with Gasteiger partial charge in [-0.1, -0.05) is 37.3 Å². The third-order valence-electron chi connectivity index (χ3n) is 2.49. The van der Waals surface area contributed by atoms with Crippen LogP contribution in [0.15, 0.2) is 30.3 Å². The highest BCUT2D eigenvalue weighted by molar-refractivity contribution is 5.85. The van der Waals surface area contributed by atoms with E-state index < -0.39 is 0 Å². The van der Waals surface area contributed by atoms with E-state index in [-0.39, 0.29) is 30.3 Å². The van der Waals surface area contributed by atoms with E-state index in [1.807, 2.05) is 44.2 Å². The molecule has 0 aliphatic heterocycles. The van der Waals surface area contributed by atoms with Gasteiger partial charge < -0.3 is 11.1 Å². The fourth-order valence-corrected chi connectivity index (χ4v) is 1.46. The van der Waals surface area contributed by atoms with E-state index >= 15 is 0 Å². The molecule has 0 saturated carbocycles. The summed E-state index contributed by atoms with van der Waals surface area (Å²) in [4.78, 5) is 11.6. The van der Waals surface area contributed by atoms with Gasteiger partial charge in [0, 0.05) is 12.6 Å². The van der Waals surface area contributed by atoms with Crippen molar-refractivity contribution < 1.29 is 4.79 Å². The quantitative estimate of drug-likeness (QED) is 0.847. The molecule has 3 nitrogen and oxygen atoms in total. The number of hydrogen-bond acceptors (Lipinski definition) is 2. The Morgan fingerprint density at radius 1 is 1.38 bits per heavy atom. The van der Waals surface area contributed by atoms with Gasteiger partial charge in [0.2, 0.25) is 5.91 Å². The molecule has 0 aromatic heterocycles. The van der Waals surface area contributed by atoms with Crippen molar-refractivity contribution in [1.29, 1.82) is 0 Å². The zero-order chi connectivity index (χ0) is 11.3. The lowest BCUT2D eigenvalue weighted by molar-refractivity contribution is -0.125. The smallest absolute Gasteiger partial charge is 0.224 e. The molecule has 0 aliphatic rings. The molecule has 0 fully saturated rings. The minimum Gasteiger partial charge on any atom is -0.356 e. The topological polar surface area (TPSA) is 55.1 Å². The van der Waals surface area contributed by atoms with Crippen molar-refractivity contribution in [2.45, 2.75) is 19.9 Å². The van der Waals surface area contributed by atoms with Crippen molar-refractivity contribution >= 4 is 18.3 Å². The molecule has 1 aromatic rings. The van der Waals surface area contributed by atoms with Gasteiger partial charge in [0.1, 0.15) is 0 Å². The Kier molecular flexibility index (Phi) is 6.77. The summed E-state index contributed by atoms with van der Waals surface area (Å²) in [6, 6.07) is 9.45. The summed E-state index contributed by atoms with van der Waals surface area (Å²) in [7, 11) is 0. The number of nitrogens with two attached hydrogens (primary N) is 1. The van der Waals surface area contributed by atoms with Crippen molar-refractivity contribution in [1.82, 2.24) is 5.32 Å². The first-order valence-electron chi connectivity index (χ1n) is 5.25. The van der Waals surface area contributed by atoms with E-state index in [4.69, 9.17) is 5.73 Å². The first kappa shape index (κ1) is 14.9. The van der Waals surface area contributed by atoms with Gasteiger partial charge in [-0.2, -0.15) is 0 Å². The summed E-state index contributed by atoms with van der Waals surface area (Å²) in [5.41, 5.74) is 7.01. The number of carbonyl (C=O) groups is 1. The minimum absolute atomic E-state index is 0. The van der Waals surface area contributed by atoms with E-state index in [9.17, 15) is 4.79 Å². The summed E-state index contributed by atoms with van der Waals surface area (Å²) < 4.78 is 0. The van der Waals surface area contributed by atoms with Gasteiger partial charge in [0.25, 0.3) is 0 Å². The molecule has 0 saturated heterocycles. The summed E-state index contributed by atoms with van der Waals surface area (Å²) in [6.07, 6.45) is 0. The Morgan fingerprint density at radius 2 is 1.94 bits per heavy atom. The summed E-state index contributed by atoms with van der Waals surface area (Å²) in [6.45, 7) is 4.39. The van der Waals surface area contributed by atoms with Crippen LogP contribution in [0.3, 0.4) is 0 Å². The standard InChI is InChI=1S/C12H18N2O.ClH/c1-3-14-12(15)9(2)11(13)10-7-5-4-6-8-10;/h4-9,11H,3,13H2,1-2H3,(H,14,15);1H. The van der Waals surface area contributed by atoms with Crippen LogP contribution in [0.25, 0.3) is 0 Å². The van der Waals surface area contributed by atoms with Crippen molar-refractivity contribution in [2.24, 2.45) is 11.7 Å². The lowest BCUT2D eigenvalue weighted by Crippen LogP contribution is -2.35. The second-order valence-electron chi connectivity index (χ2n) is 3.62. The molecular weight excluding hydrogens is 224 g/mol. The predicted octanol–water partition coefficient (Wildman–Crippen LogP) is 1.88. The Hall–Kier alpha value is -1.06. The highest BCUT2D eigenvalue weighted by atomic mass is 35.5. The zero-order valence-corrected chi connectivity index (χ0v) is 10.5. The molecule has 0 radical (unpaired) electrons. The zero-order valence-electron chi connectivity index (χ0n) is 9.64. The number of halogens is 1. The van der Waals surface area contributed by atoms with Crippen molar-refractivity contribution in [3.63, 3.8) is 0 Å². The fourth-order valence-electron chi connectivity index (χ4n) is 1.46. The van der Waals surface area contributed by atoms with Gasteiger partial charge in [0.15, 0.2) is 0 Å². The third kappa shape index (κ3) is 3.83. The number of carbonyl (C=O) groups excluding carboxylic acids is 1. The van der Waals surface area contributed by atoms with Gasteiger partial charge in [0.05, 0.1) is 5.92 Å². The minimum atomic E-state index is -0.238. The van der Waals surface area contributed by atoms with Crippen LogP contribution in [0, 0.1) is 5.92 Å². The molecule has 0 bridgehead atoms. The maximum Gasteiger partial charge on any atom is 0.224 e. The van der Waals surface area contributed by atoms with Crippen LogP contribution in [0.2, 0.25) is 0 Å². The molecule has 3 N–H and O–H groups in total. The molecule has 16 heavy (non-hydrogen) atoms. The first-order chi connectivity index (χ1) is 7.16. The van der Waals surface area contributed by atoms with E-state index in [0.717, 1.165) is 5.56 Å². The van der Waals surface area contributed by atoms with Crippen LogP contribution < -0.4 is 11.1 Å². The number of nitrogens with one attached hydrogen (secondary N) is 1. The highest BCUT2D eigenvalue weighted by Gasteiger charge is 2.20. The number of hydrogen-bond donors (Lipinski definition) is 2. The monoisotopic (exact) mass is 242 g/mol. The van der Waals surface area contributed by atoms with Gasteiger partial charge in [-0.05, 0) is 12.5 Å². The highest BCUT2D eigenvalue weighted by Crippen LogP contribution is 2.18. The SMILES string of the molecule is CCNC(=O)C(C)C(N)c1ccccc1.Cl. The van der Waals surface area contributed by atoms with E-state index in [1.54, 1.807) is 0 Å². The van der Waals surface area contributed by atoms with Crippen LogP contribution >= 0.6 is 12.4 Å². The second kappa shape index (κ2) is 7.25. The molecule has 0 spiro atoms. The van der Waals surface area contributed by atoms with Gasteiger partial charge in [-0.15, -0.1) is 12.4 Å². The van der Waals surface area contributed by atoms with Crippen LogP contribution in [0.4, 0.5) is 0 Å². The van der Waals surface area contributed by atoms with Crippen molar-refractivity contribution in [3.8, 4) is 0 Å². The van der Waals surface area contributed by atoms with Crippen molar-refractivity contribution in [2.75, 3.05) is 6.54 Å². The predicted molar refractivity (Wildman–Crippen MR) is 68.5 cm³/mol. The Labute approximate surface area is 103 Å². The second-order valence-corrected chi connectivity index (χ2v) is 3.62. The van der Waals surface area contributed by atoms with Crippen LogP contribution in [-0.4, -0.2) is 12.5 Å². The fraction of sp³-hybridized carbons (Fsp3) is 0.417. The largest absolute Gasteiger partial charge is 0.356 e. The molecule has 1 rings (SSSR count). The number of benzene rings is 1. The molecular formula is C12H19ClN2O. The molecule has 1 aromatic carbocycles. The summed E-state index contributed by atoms with van der Waals surface area (Å²) >= 11 is 0.